The highest BCUT2D eigenvalue weighted by Crippen LogP contribution is 2.17. The number of carbonyl (C=O) groups excluding carboxylic acids is 1. The van der Waals surface area contributed by atoms with Crippen LogP contribution in [0.15, 0.2) is 96.6 Å². The van der Waals surface area contributed by atoms with Crippen molar-refractivity contribution in [1.29, 1.82) is 0 Å². The van der Waals surface area contributed by atoms with E-state index in [-0.39, 0.29) is 0 Å². The molecule has 0 saturated carbocycles. The minimum absolute atomic E-state index is 0.393. The number of benzene rings is 3. The maximum Gasteiger partial charge on any atom is 0.339 e. The lowest BCUT2D eigenvalue weighted by Crippen LogP contribution is -2.26. The number of imidazole rings is 1. The summed E-state index contributed by atoms with van der Waals surface area (Å²) in [6, 6.07) is 23.1. The number of rotatable bonds is 5. The smallest absolute Gasteiger partial charge is 0.331 e. The van der Waals surface area contributed by atoms with Gasteiger partial charge in [-0.05, 0) is 29.0 Å². The van der Waals surface area contributed by atoms with Crippen molar-refractivity contribution >= 4 is 28.2 Å². The number of nitrogens with one attached hydrogen (secondary N) is 2. The SMILES string of the molecule is O=C(N/N=C(/Cn1ccnc1)c1ccc2ccccc2c1)Nc1ccccc1. The van der Waals surface area contributed by atoms with Gasteiger partial charge in [0.05, 0.1) is 18.6 Å². The molecule has 2 N–H and O–H groups in total. The second-order valence-corrected chi connectivity index (χ2v) is 6.29. The van der Waals surface area contributed by atoms with Crippen LogP contribution in [0.25, 0.3) is 10.8 Å². The Balaban J connectivity index is 1.58. The number of anilines is 1. The Bertz CT molecular complexity index is 1100. The van der Waals surface area contributed by atoms with Crippen molar-refractivity contribution < 1.29 is 4.79 Å². The molecule has 3 aromatic carbocycles. The quantitative estimate of drug-likeness (QED) is 0.407. The second kappa shape index (κ2) is 8.18. The molecule has 1 heterocycles. The fraction of sp³-hybridized carbons (Fsp3) is 0.0455. The molecule has 0 aliphatic rings. The standard InChI is InChI=1S/C22H19N5O/c28-22(24-20-8-2-1-3-9-20)26-25-21(15-27-13-12-23-16-27)19-11-10-17-6-4-5-7-18(17)14-19/h1-14,16H,15H2,(H2,24,26,28)/b25-21-. The van der Waals surface area contributed by atoms with Gasteiger partial charge in [-0.3, -0.25) is 0 Å². The Hall–Kier alpha value is -3.93. The van der Waals surface area contributed by atoms with E-state index in [0.717, 1.165) is 22.0 Å². The third-order valence-electron chi connectivity index (χ3n) is 4.30. The van der Waals surface area contributed by atoms with E-state index in [9.17, 15) is 4.79 Å². The molecular weight excluding hydrogens is 350 g/mol. The van der Waals surface area contributed by atoms with Crippen LogP contribution < -0.4 is 10.7 Å². The molecule has 6 nitrogen and oxygen atoms in total. The van der Waals surface area contributed by atoms with Crippen molar-refractivity contribution in [2.24, 2.45) is 5.10 Å². The summed E-state index contributed by atoms with van der Waals surface area (Å²) < 4.78 is 1.91. The van der Waals surface area contributed by atoms with Crippen LogP contribution in [0.4, 0.5) is 10.5 Å². The number of urea groups is 1. The Morgan fingerprint density at radius 2 is 1.75 bits per heavy atom. The van der Waals surface area contributed by atoms with Gasteiger partial charge in [0.25, 0.3) is 0 Å². The molecule has 0 atom stereocenters. The van der Waals surface area contributed by atoms with Gasteiger partial charge in [0.2, 0.25) is 0 Å². The van der Waals surface area contributed by atoms with Gasteiger partial charge >= 0.3 is 6.03 Å². The molecule has 0 saturated heterocycles. The summed E-state index contributed by atoms with van der Waals surface area (Å²) in [5, 5.41) is 9.41. The van der Waals surface area contributed by atoms with Gasteiger partial charge in [-0.2, -0.15) is 5.10 Å². The molecular formula is C22H19N5O. The summed E-state index contributed by atoms with van der Waals surface area (Å²) in [4.78, 5) is 16.3. The lowest BCUT2D eigenvalue weighted by atomic mass is 10.0. The molecule has 0 aliphatic heterocycles. The Labute approximate surface area is 162 Å². The van der Waals surface area contributed by atoms with Crippen LogP contribution in [0.2, 0.25) is 0 Å². The topological polar surface area (TPSA) is 71.3 Å². The van der Waals surface area contributed by atoms with Crippen LogP contribution in [0.5, 0.6) is 0 Å². The summed E-state index contributed by atoms with van der Waals surface area (Å²) in [5.41, 5.74) is 4.97. The van der Waals surface area contributed by atoms with Crippen molar-refractivity contribution in [2.75, 3.05) is 5.32 Å². The summed E-state index contributed by atoms with van der Waals surface area (Å²) in [7, 11) is 0. The number of hydrogen-bond donors (Lipinski definition) is 2. The van der Waals surface area contributed by atoms with Gasteiger partial charge in [-0.25, -0.2) is 15.2 Å². The average molecular weight is 369 g/mol. The lowest BCUT2D eigenvalue weighted by Gasteiger charge is -2.10. The Morgan fingerprint density at radius 3 is 2.54 bits per heavy atom. The van der Waals surface area contributed by atoms with Gasteiger partial charge in [0.15, 0.2) is 0 Å². The summed E-state index contributed by atoms with van der Waals surface area (Å²) in [6.45, 7) is 0.490. The molecule has 138 valence electrons. The molecule has 6 heteroatoms. The molecule has 0 spiro atoms. The predicted octanol–water partition coefficient (Wildman–Crippen LogP) is 4.26. The second-order valence-electron chi connectivity index (χ2n) is 6.29. The highest BCUT2D eigenvalue weighted by molar-refractivity contribution is 6.04. The van der Waals surface area contributed by atoms with E-state index in [1.54, 1.807) is 12.5 Å². The zero-order chi connectivity index (χ0) is 19.2. The third kappa shape index (κ3) is 4.24. The molecule has 2 amide bonds. The van der Waals surface area contributed by atoms with Crippen LogP contribution in [0.3, 0.4) is 0 Å². The first kappa shape index (κ1) is 17.5. The van der Waals surface area contributed by atoms with E-state index >= 15 is 0 Å². The number of hydrazone groups is 1. The number of nitrogens with zero attached hydrogens (tertiary/aromatic N) is 3. The first-order chi connectivity index (χ1) is 13.8. The van der Waals surface area contributed by atoms with E-state index in [1.807, 2.05) is 59.3 Å². The zero-order valence-electron chi connectivity index (χ0n) is 15.1. The van der Waals surface area contributed by atoms with Crippen LogP contribution in [-0.4, -0.2) is 21.3 Å². The molecule has 0 fully saturated rings. The monoisotopic (exact) mass is 369 g/mol. The van der Waals surface area contributed by atoms with E-state index in [1.165, 1.54) is 0 Å². The average Bonchev–Trinajstić information content (AvgIpc) is 3.25. The van der Waals surface area contributed by atoms with Gasteiger partial charge in [0.1, 0.15) is 0 Å². The maximum atomic E-state index is 12.2. The first-order valence-electron chi connectivity index (χ1n) is 8.91. The fourth-order valence-corrected chi connectivity index (χ4v) is 2.91. The van der Waals surface area contributed by atoms with Crippen molar-refractivity contribution in [1.82, 2.24) is 15.0 Å². The molecule has 0 unspecified atom stereocenters. The molecule has 0 bridgehead atoms. The van der Waals surface area contributed by atoms with Crippen LogP contribution in [0, 0.1) is 0 Å². The number of fused-ring (bicyclic) bond motifs is 1. The zero-order valence-corrected chi connectivity index (χ0v) is 15.1. The Morgan fingerprint density at radius 1 is 0.964 bits per heavy atom. The van der Waals surface area contributed by atoms with E-state index in [0.29, 0.717) is 12.2 Å². The van der Waals surface area contributed by atoms with Crippen molar-refractivity contribution in [3.8, 4) is 0 Å². The predicted molar refractivity (Wildman–Crippen MR) is 111 cm³/mol. The molecule has 28 heavy (non-hydrogen) atoms. The third-order valence-corrected chi connectivity index (χ3v) is 4.30. The normalized spacial score (nSPS) is 11.4. The largest absolute Gasteiger partial charge is 0.339 e. The summed E-state index contributed by atoms with van der Waals surface area (Å²) in [5.74, 6) is 0. The van der Waals surface area contributed by atoms with Gasteiger partial charge < -0.3 is 9.88 Å². The minimum atomic E-state index is -0.393. The molecule has 4 aromatic rings. The Kier molecular flexibility index (Phi) is 5.11. The van der Waals surface area contributed by atoms with Crippen molar-refractivity contribution in [3.05, 3.63) is 97.1 Å². The van der Waals surface area contributed by atoms with E-state index < -0.39 is 6.03 Å². The van der Waals surface area contributed by atoms with Crippen LogP contribution in [0.1, 0.15) is 5.56 Å². The van der Waals surface area contributed by atoms with Crippen molar-refractivity contribution in [3.63, 3.8) is 0 Å². The highest BCUT2D eigenvalue weighted by atomic mass is 16.2. The van der Waals surface area contributed by atoms with Crippen molar-refractivity contribution in [2.45, 2.75) is 6.54 Å². The molecule has 4 rings (SSSR count). The summed E-state index contributed by atoms with van der Waals surface area (Å²) in [6.07, 6.45) is 5.30. The lowest BCUT2D eigenvalue weighted by molar-refractivity contribution is 0.252. The van der Waals surface area contributed by atoms with Crippen LogP contribution >= 0.6 is 0 Å². The number of para-hydroxylation sites is 1. The molecule has 0 aliphatic carbocycles. The highest BCUT2D eigenvalue weighted by Gasteiger charge is 2.08. The minimum Gasteiger partial charge on any atom is -0.331 e. The van der Waals surface area contributed by atoms with E-state index in [2.05, 4.69) is 45.1 Å². The van der Waals surface area contributed by atoms with Gasteiger partial charge in [-0.15, -0.1) is 0 Å². The molecule has 0 radical (unpaired) electrons. The van der Waals surface area contributed by atoms with Gasteiger partial charge in [-0.1, -0.05) is 54.6 Å². The number of carbonyl (C=O) groups is 1. The van der Waals surface area contributed by atoms with Gasteiger partial charge in [0, 0.05) is 23.6 Å². The fourth-order valence-electron chi connectivity index (χ4n) is 2.91. The number of aromatic nitrogens is 2. The molecule has 1 aromatic heterocycles. The number of amides is 2. The van der Waals surface area contributed by atoms with E-state index in [4.69, 9.17) is 0 Å². The number of hydrogen-bond acceptors (Lipinski definition) is 3. The summed E-state index contributed by atoms with van der Waals surface area (Å²) >= 11 is 0. The maximum absolute atomic E-state index is 12.2. The van der Waals surface area contributed by atoms with Crippen LogP contribution in [-0.2, 0) is 6.54 Å². The first-order valence-corrected chi connectivity index (χ1v) is 8.91.